The molecule has 1 heterocycles. The summed E-state index contributed by atoms with van der Waals surface area (Å²) in [5, 5.41) is 10.0. The second-order valence-corrected chi connectivity index (χ2v) is 5.11. The number of aliphatic hydroxyl groups is 1. The molecule has 1 aromatic rings. The van der Waals surface area contributed by atoms with Gasteiger partial charge >= 0.3 is 0 Å². The molecule has 70 valence electrons. The lowest BCUT2D eigenvalue weighted by molar-refractivity contribution is 0.253. The summed E-state index contributed by atoms with van der Waals surface area (Å²) in [6.07, 6.45) is 0.899. The summed E-state index contributed by atoms with van der Waals surface area (Å²) in [7, 11) is 0. The van der Waals surface area contributed by atoms with Crippen molar-refractivity contribution in [3.8, 4) is 0 Å². The number of aliphatic hydroxyl groups excluding tert-OH is 1. The molecular weight excluding hydrogens is 180 g/mol. The maximum atomic E-state index is 9.49. The number of rotatable bonds is 1. The van der Waals surface area contributed by atoms with Gasteiger partial charge in [0, 0.05) is 5.25 Å². The third-order valence-corrected chi connectivity index (χ3v) is 3.89. The standard InChI is InChI=1S/C11H14OS/c1-8-10(7-11(12)13-8)9-5-3-2-4-6-9/h2-6,8,10-12H,7H2,1H3. The minimum absolute atomic E-state index is 0.166. The summed E-state index contributed by atoms with van der Waals surface area (Å²) < 4.78 is 0. The number of benzene rings is 1. The Hall–Kier alpha value is -0.470. The third kappa shape index (κ3) is 1.89. The second kappa shape index (κ2) is 3.72. The van der Waals surface area contributed by atoms with Gasteiger partial charge < -0.3 is 5.11 Å². The SMILES string of the molecule is CC1SC(O)CC1c1ccccc1. The highest BCUT2D eigenvalue weighted by Crippen LogP contribution is 2.42. The number of thioether (sulfide) groups is 1. The fourth-order valence-corrected chi connectivity index (χ4v) is 3.19. The largest absolute Gasteiger partial charge is 0.382 e. The van der Waals surface area contributed by atoms with Gasteiger partial charge in [-0.15, -0.1) is 11.8 Å². The summed E-state index contributed by atoms with van der Waals surface area (Å²) in [5.41, 5.74) is 1.19. The Morgan fingerprint density at radius 2 is 2.00 bits per heavy atom. The Kier molecular flexibility index (Phi) is 2.61. The lowest BCUT2D eigenvalue weighted by Gasteiger charge is -2.13. The Morgan fingerprint density at radius 3 is 2.54 bits per heavy atom. The first-order valence-corrected chi connectivity index (χ1v) is 5.60. The van der Waals surface area contributed by atoms with Crippen LogP contribution in [0, 0.1) is 0 Å². The Balaban J connectivity index is 2.18. The molecule has 1 aliphatic heterocycles. The molecular formula is C11H14OS. The van der Waals surface area contributed by atoms with Gasteiger partial charge in [-0.05, 0) is 17.9 Å². The monoisotopic (exact) mass is 194 g/mol. The van der Waals surface area contributed by atoms with Gasteiger partial charge in [-0.3, -0.25) is 0 Å². The van der Waals surface area contributed by atoms with Crippen molar-refractivity contribution in [3.05, 3.63) is 35.9 Å². The minimum atomic E-state index is -0.166. The Bertz CT molecular complexity index is 273. The highest BCUT2D eigenvalue weighted by Gasteiger charge is 2.31. The molecule has 0 aliphatic carbocycles. The molecule has 0 bridgehead atoms. The van der Waals surface area contributed by atoms with Crippen molar-refractivity contribution in [2.45, 2.75) is 29.9 Å². The molecule has 2 rings (SSSR count). The van der Waals surface area contributed by atoms with Gasteiger partial charge in [0.1, 0.15) is 5.44 Å². The molecule has 1 N–H and O–H groups in total. The summed E-state index contributed by atoms with van der Waals surface area (Å²) in [4.78, 5) is 0. The zero-order valence-corrected chi connectivity index (χ0v) is 8.50. The first kappa shape index (κ1) is 9.10. The van der Waals surface area contributed by atoms with Crippen LogP contribution < -0.4 is 0 Å². The van der Waals surface area contributed by atoms with Crippen LogP contribution in [-0.2, 0) is 0 Å². The quantitative estimate of drug-likeness (QED) is 0.741. The first-order valence-electron chi connectivity index (χ1n) is 4.66. The van der Waals surface area contributed by atoms with E-state index in [-0.39, 0.29) is 5.44 Å². The van der Waals surface area contributed by atoms with Gasteiger partial charge in [0.25, 0.3) is 0 Å². The molecule has 1 aliphatic rings. The number of hydrogen-bond donors (Lipinski definition) is 1. The predicted octanol–water partition coefficient (Wildman–Crippen LogP) is 2.61. The van der Waals surface area contributed by atoms with E-state index in [2.05, 4.69) is 31.2 Å². The summed E-state index contributed by atoms with van der Waals surface area (Å²) in [6, 6.07) is 10.5. The first-order chi connectivity index (χ1) is 6.27. The topological polar surface area (TPSA) is 20.2 Å². The molecule has 0 spiro atoms. The van der Waals surface area contributed by atoms with Crippen LogP contribution in [0.1, 0.15) is 24.8 Å². The van der Waals surface area contributed by atoms with Gasteiger partial charge in [-0.2, -0.15) is 0 Å². The molecule has 1 aromatic carbocycles. The molecule has 0 saturated carbocycles. The van der Waals surface area contributed by atoms with Crippen molar-refractivity contribution in [1.29, 1.82) is 0 Å². The van der Waals surface area contributed by atoms with Crippen LogP contribution in [0.2, 0.25) is 0 Å². The lowest BCUT2D eigenvalue weighted by atomic mass is 9.94. The van der Waals surface area contributed by atoms with Crippen molar-refractivity contribution < 1.29 is 5.11 Å². The summed E-state index contributed by atoms with van der Waals surface area (Å²) in [6.45, 7) is 2.19. The molecule has 1 saturated heterocycles. The summed E-state index contributed by atoms with van der Waals surface area (Å²) >= 11 is 1.68. The average molecular weight is 194 g/mol. The van der Waals surface area contributed by atoms with E-state index >= 15 is 0 Å². The molecule has 3 unspecified atom stereocenters. The molecule has 1 nitrogen and oxygen atoms in total. The Labute approximate surface area is 83.2 Å². The fourth-order valence-electron chi connectivity index (χ4n) is 1.91. The Morgan fingerprint density at radius 1 is 1.31 bits per heavy atom. The van der Waals surface area contributed by atoms with Gasteiger partial charge in [0.05, 0.1) is 0 Å². The van der Waals surface area contributed by atoms with Gasteiger partial charge in [-0.25, -0.2) is 0 Å². The van der Waals surface area contributed by atoms with Crippen molar-refractivity contribution in [2.24, 2.45) is 0 Å². The van der Waals surface area contributed by atoms with E-state index in [9.17, 15) is 5.11 Å². The van der Waals surface area contributed by atoms with Crippen LogP contribution in [0.5, 0.6) is 0 Å². The number of hydrogen-bond acceptors (Lipinski definition) is 2. The average Bonchev–Trinajstić information content (AvgIpc) is 2.47. The van der Waals surface area contributed by atoms with E-state index in [4.69, 9.17) is 0 Å². The van der Waals surface area contributed by atoms with Crippen LogP contribution in [0.25, 0.3) is 0 Å². The zero-order chi connectivity index (χ0) is 9.26. The lowest BCUT2D eigenvalue weighted by Crippen LogP contribution is -2.05. The van der Waals surface area contributed by atoms with Crippen LogP contribution >= 0.6 is 11.8 Å². The second-order valence-electron chi connectivity index (χ2n) is 3.55. The van der Waals surface area contributed by atoms with E-state index < -0.39 is 0 Å². The third-order valence-electron chi connectivity index (χ3n) is 2.62. The normalized spacial score (nSPS) is 33.5. The highest BCUT2D eigenvalue weighted by atomic mass is 32.2. The maximum Gasteiger partial charge on any atom is 0.100 e. The van der Waals surface area contributed by atoms with Crippen LogP contribution in [-0.4, -0.2) is 15.8 Å². The van der Waals surface area contributed by atoms with Crippen LogP contribution in [0.15, 0.2) is 30.3 Å². The summed E-state index contributed by atoms with van der Waals surface area (Å²) in [5.74, 6) is 0.529. The van der Waals surface area contributed by atoms with Crippen molar-refractivity contribution >= 4 is 11.8 Å². The van der Waals surface area contributed by atoms with Gasteiger partial charge in [-0.1, -0.05) is 37.3 Å². The van der Waals surface area contributed by atoms with E-state index in [1.807, 2.05) is 6.07 Å². The van der Waals surface area contributed by atoms with Gasteiger partial charge in [0.2, 0.25) is 0 Å². The molecule has 0 amide bonds. The van der Waals surface area contributed by atoms with Crippen LogP contribution in [0.4, 0.5) is 0 Å². The van der Waals surface area contributed by atoms with E-state index in [0.29, 0.717) is 11.2 Å². The van der Waals surface area contributed by atoms with E-state index in [0.717, 1.165) is 6.42 Å². The fraction of sp³-hybridized carbons (Fsp3) is 0.455. The highest BCUT2D eigenvalue weighted by molar-refractivity contribution is 8.00. The minimum Gasteiger partial charge on any atom is -0.382 e. The molecule has 13 heavy (non-hydrogen) atoms. The smallest absolute Gasteiger partial charge is 0.100 e. The van der Waals surface area contributed by atoms with Crippen LogP contribution in [0.3, 0.4) is 0 Å². The molecule has 3 atom stereocenters. The maximum absolute atomic E-state index is 9.49. The van der Waals surface area contributed by atoms with Crippen molar-refractivity contribution in [3.63, 3.8) is 0 Å². The molecule has 2 heteroatoms. The van der Waals surface area contributed by atoms with E-state index in [1.54, 1.807) is 11.8 Å². The van der Waals surface area contributed by atoms with Crippen molar-refractivity contribution in [2.75, 3.05) is 0 Å². The molecule has 0 radical (unpaired) electrons. The molecule has 0 aromatic heterocycles. The zero-order valence-electron chi connectivity index (χ0n) is 7.68. The molecule has 1 fully saturated rings. The van der Waals surface area contributed by atoms with E-state index in [1.165, 1.54) is 5.56 Å². The van der Waals surface area contributed by atoms with Gasteiger partial charge in [0.15, 0.2) is 0 Å². The van der Waals surface area contributed by atoms with Crippen molar-refractivity contribution in [1.82, 2.24) is 0 Å². The predicted molar refractivity (Wildman–Crippen MR) is 56.9 cm³/mol.